The summed E-state index contributed by atoms with van der Waals surface area (Å²) in [4.78, 5) is 0. The molecular formula is C28H44N2O6S2. The normalized spacial score (nSPS) is 37.2. The number of aliphatic hydroxyl groups excluding tert-OH is 2. The van der Waals surface area contributed by atoms with Gasteiger partial charge in [0.15, 0.2) is 0 Å². The minimum absolute atomic E-state index is 0.0492. The van der Waals surface area contributed by atoms with Crippen molar-refractivity contribution in [2.45, 2.75) is 91.5 Å². The van der Waals surface area contributed by atoms with Crippen LogP contribution in [0.15, 0.2) is 24.3 Å². The molecule has 214 valence electrons. The van der Waals surface area contributed by atoms with Crippen LogP contribution in [0.4, 0.5) is 0 Å². The second kappa shape index (κ2) is 9.24. The van der Waals surface area contributed by atoms with Gasteiger partial charge in [-0.1, -0.05) is 52.0 Å². The van der Waals surface area contributed by atoms with Gasteiger partial charge < -0.3 is 10.2 Å². The van der Waals surface area contributed by atoms with Crippen molar-refractivity contribution in [3.05, 3.63) is 35.4 Å². The summed E-state index contributed by atoms with van der Waals surface area (Å²) in [7, 11) is -7.38. The van der Waals surface area contributed by atoms with E-state index in [4.69, 9.17) is 0 Å². The van der Waals surface area contributed by atoms with Gasteiger partial charge in [0.1, 0.15) is 0 Å². The van der Waals surface area contributed by atoms with E-state index in [1.165, 1.54) is 0 Å². The maximum Gasteiger partial charge on any atom is 0.212 e. The molecule has 0 unspecified atom stereocenters. The average molecular weight is 569 g/mol. The number of aliphatic hydroxyl groups is 2. The molecule has 38 heavy (non-hydrogen) atoms. The van der Waals surface area contributed by atoms with Gasteiger partial charge in [-0.2, -0.15) is 0 Å². The Morgan fingerprint density at radius 1 is 0.737 bits per heavy atom. The number of sulfonamides is 2. The highest BCUT2D eigenvalue weighted by Crippen LogP contribution is 2.67. The molecule has 5 rings (SSSR count). The smallest absolute Gasteiger partial charge is 0.212 e. The summed E-state index contributed by atoms with van der Waals surface area (Å²) in [5, 5.41) is 21.5. The molecule has 0 amide bonds. The Morgan fingerprint density at radius 3 is 1.39 bits per heavy atom. The average Bonchev–Trinajstić information content (AvgIpc) is 3.35. The lowest BCUT2D eigenvalue weighted by molar-refractivity contribution is 0.0150. The van der Waals surface area contributed by atoms with E-state index in [0.29, 0.717) is 48.6 Å². The van der Waals surface area contributed by atoms with E-state index in [1.54, 1.807) is 24.3 Å². The van der Waals surface area contributed by atoms with Gasteiger partial charge in [-0.05, 0) is 72.3 Å². The zero-order valence-electron chi connectivity index (χ0n) is 23.0. The fourth-order valence-electron chi connectivity index (χ4n) is 8.82. The number of fused-ring (bicyclic) bond motifs is 4. The van der Waals surface area contributed by atoms with Crippen LogP contribution in [0.25, 0.3) is 0 Å². The molecule has 0 heterocycles. The maximum atomic E-state index is 13.2. The van der Waals surface area contributed by atoms with Crippen LogP contribution in [0.3, 0.4) is 0 Å². The van der Waals surface area contributed by atoms with E-state index in [0.717, 1.165) is 12.8 Å². The van der Waals surface area contributed by atoms with Gasteiger partial charge in [0.25, 0.3) is 0 Å². The van der Waals surface area contributed by atoms with Gasteiger partial charge in [-0.25, -0.2) is 26.3 Å². The molecule has 1 aromatic carbocycles. The summed E-state index contributed by atoms with van der Waals surface area (Å²) in [6.07, 6.45) is 3.37. The third-order valence-electron chi connectivity index (χ3n) is 11.8. The number of rotatable bonds is 10. The number of nitrogens with one attached hydrogen (secondary N) is 2. The molecule has 4 N–H and O–H groups in total. The first-order valence-electron chi connectivity index (χ1n) is 13.9. The molecular weight excluding hydrogens is 524 g/mol. The topological polar surface area (TPSA) is 133 Å². The van der Waals surface area contributed by atoms with E-state index in [1.807, 2.05) is 0 Å². The van der Waals surface area contributed by atoms with Crippen molar-refractivity contribution in [2.24, 2.45) is 33.5 Å². The van der Waals surface area contributed by atoms with E-state index in [-0.39, 0.29) is 35.4 Å². The molecule has 6 atom stereocenters. The Bertz CT molecular complexity index is 1190. The van der Waals surface area contributed by atoms with E-state index >= 15 is 0 Å². The Morgan fingerprint density at radius 2 is 1.11 bits per heavy atom. The zero-order chi connectivity index (χ0) is 27.8. The highest BCUT2D eigenvalue weighted by Gasteiger charge is 2.66. The molecule has 4 saturated carbocycles. The second-order valence-corrected chi connectivity index (χ2v) is 17.3. The SMILES string of the molecule is CC1(C)[C@@H]2CC[C@@]1(CS(=O)(=O)NCc1ccccc1CNS(=O)(=O)C[C@]13CC[C@H](C[C@H]1O)C3(C)C)[C@H](O)C2. The molecule has 4 fully saturated rings. The third kappa shape index (κ3) is 4.38. The van der Waals surface area contributed by atoms with Crippen LogP contribution in [0, 0.1) is 33.5 Å². The lowest BCUT2D eigenvalue weighted by atomic mass is 9.70. The van der Waals surface area contributed by atoms with Crippen LogP contribution in [0.5, 0.6) is 0 Å². The monoisotopic (exact) mass is 568 g/mol. The van der Waals surface area contributed by atoms with Gasteiger partial charge in [0, 0.05) is 23.9 Å². The van der Waals surface area contributed by atoms with Gasteiger partial charge in [-0.15, -0.1) is 0 Å². The first-order valence-corrected chi connectivity index (χ1v) is 17.2. The molecule has 0 aromatic heterocycles. The van der Waals surface area contributed by atoms with Crippen molar-refractivity contribution < 1.29 is 27.0 Å². The van der Waals surface area contributed by atoms with Crippen LogP contribution in [-0.4, -0.2) is 50.8 Å². The molecule has 4 aliphatic carbocycles. The lowest BCUT2D eigenvalue weighted by Crippen LogP contribution is -2.47. The van der Waals surface area contributed by atoms with E-state index < -0.39 is 43.1 Å². The highest BCUT2D eigenvalue weighted by molar-refractivity contribution is 7.89. The van der Waals surface area contributed by atoms with Crippen LogP contribution < -0.4 is 9.44 Å². The van der Waals surface area contributed by atoms with Crippen LogP contribution in [0.1, 0.15) is 77.3 Å². The summed E-state index contributed by atoms with van der Waals surface area (Å²) in [6, 6.07) is 7.21. The first-order chi connectivity index (χ1) is 17.6. The number of hydrogen-bond acceptors (Lipinski definition) is 6. The summed E-state index contributed by atoms with van der Waals surface area (Å²) in [5.41, 5.74) is -0.361. The van der Waals surface area contributed by atoms with Crippen LogP contribution in [-0.2, 0) is 33.1 Å². The predicted octanol–water partition coefficient (Wildman–Crippen LogP) is 2.90. The summed E-state index contributed by atoms with van der Waals surface area (Å²) < 4.78 is 58.3. The van der Waals surface area contributed by atoms with Gasteiger partial charge >= 0.3 is 0 Å². The Kier molecular flexibility index (Phi) is 6.93. The molecule has 4 aliphatic rings. The molecule has 0 spiro atoms. The minimum atomic E-state index is -3.69. The predicted molar refractivity (Wildman–Crippen MR) is 147 cm³/mol. The van der Waals surface area contributed by atoms with Gasteiger partial charge in [0.05, 0.1) is 23.7 Å². The van der Waals surface area contributed by atoms with Crippen molar-refractivity contribution >= 4 is 20.0 Å². The molecule has 8 nitrogen and oxygen atoms in total. The van der Waals surface area contributed by atoms with Crippen molar-refractivity contribution in [1.29, 1.82) is 0 Å². The molecule has 0 radical (unpaired) electrons. The van der Waals surface area contributed by atoms with Crippen LogP contribution >= 0.6 is 0 Å². The summed E-state index contributed by atoms with van der Waals surface area (Å²) >= 11 is 0. The van der Waals surface area contributed by atoms with Crippen LogP contribution in [0.2, 0.25) is 0 Å². The lowest BCUT2D eigenvalue weighted by Gasteiger charge is -2.40. The van der Waals surface area contributed by atoms with Crippen molar-refractivity contribution in [3.8, 4) is 0 Å². The quantitative estimate of drug-likeness (QED) is 0.343. The largest absolute Gasteiger partial charge is 0.392 e. The molecule has 0 aliphatic heterocycles. The third-order valence-corrected chi connectivity index (χ3v) is 14.7. The zero-order valence-corrected chi connectivity index (χ0v) is 24.7. The first kappa shape index (κ1) is 28.5. The molecule has 0 saturated heterocycles. The molecule has 1 aromatic rings. The maximum absolute atomic E-state index is 13.2. The fourth-order valence-corrected chi connectivity index (χ4v) is 12.5. The standard InChI is InChI=1S/C28H44N2O6S2/c1-25(2)21-9-11-27(25,23(31)13-21)17-37(33,34)29-15-19-7-5-6-8-20(19)16-30-38(35,36)18-28-12-10-22(14-24(28)32)26(28,3)4/h5-8,21-24,29-32H,9-18H2,1-4H3/t21-,22-,23-,24-,27-,28-/m1/s1. The van der Waals surface area contributed by atoms with Crippen molar-refractivity contribution in [3.63, 3.8) is 0 Å². The Hall–Kier alpha value is -1.04. The van der Waals surface area contributed by atoms with Gasteiger partial charge in [-0.3, -0.25) is 0 Å². The van der Waals surface area contributed by atoms with Crippen molar-refractivity contribution in [2.75, 3.05) is 11.5 Å². The summed E-state index contributed by atoms with van der Waals surface area (Å²) in [5.74, 6) is 0.459. The van der Waals surface area contributed by atoms with E-state index in [2.05, 4.69) is 37.1 Å². The van der Waals surface area contributed by atoms with Crippen molar-refractivity contribution in [1.82, 2.24) is 9.44 Å². The Labute approximate surface area is 228 Å². The fraction of sp³-hybridized carbons (Fsp3) is 0.786. The highest BCUT2D eigenvalue weighted by atomic mass is 32.2. The number of hydrogen-bond donors (Lipinski definition) is 4. The number of benzene rings is 1. The molecule has 10 heteroatoms. The summed E-state index contributed by atoms with van der Waals surface area (Å²) in [6.45, 7) is 8.41. The van der Waals surface area contributed by atoms with Gasteiger partial charge in [0.2, 0.25) is 20.0 Å². The second-order valence-electron chi connectivity index (χ2n) is 13.7. The Balaban J connectivity index is 1.24. The molecule has 4 bridgehead atoms. The minimum Gasteiger partial charge on any atom is -0.392 e. The van der Waals surface area contributed by atoms with E-state index in [9.17, 15) is 27.0 Å².